The fourth-order valence-corrected chi connectivity index (χ4v) is 6.41. The number of ether oxygens (including phenoxy) is 3. The van der Waals surface area contributed by atoms with E-state index in [1.807, 2.05) is 12.3 Å². The van der Waals surface area contributed by atoms with Crippen LogP contribution in [-0.4, -0.2) is 61.2 Å². The van der Waals surface area contributed by atoms with Gasteiger partial charge in [0.1, 0.15) is 6.04 Å². The van der Waals surface area contributed by atoms with E-state index in [1.54, 1.807) is 49.2 Å². The number of carbonyl (C=O) groups is 2. The standard InChI is InChI=1S/C34H37N5O8S/c1-17(40)35-22-9-6-18-14-28(45-2)30(46-3)31(47-4)29(18)20-8-11-24(27(41)16-21(20)22)37-25(12-13-48-5)32(42)36-19-7-10-23-26(15-19)39-34(44)33(43)38-23/h7-8,10-11,14-16,22,25H,6,9,12-13H2,1-5H3,(H,35,40)(H,36,42)(H,37,41)(H,38,43)(H,39,44)/t22-,25+/m0/s1. The number of amides is 2. The summed E-state index contributed by atoms with van der Waals surface area (Å²) in [5.41, 5.74) is 2.27. The Morgan fingerprint density at radius 1 is 0.938 bits per heavy atom. The number of aryl methyl sites for hydroxylation is 1. The zero-order valence-electron chi connectivity index (χ0n) is 27.2. The molecule has 5 N–H and O–H groups in total. The first-order chi connectivity index (χ1) is 23.1. The Morgan fingerprint density at radius 3 is 2.33 bits per heavy atom. The van der Waals surface area contributed by atoms with E-state index in [1.165, 1.54) is 27.2 Å². The summed E-state index contributed by atoms with van der Waals surface area (Å²) < 4.78 is 17.1. The summed E-state index contributed by atoms with van der Waals surface area (Å²) in [6.07, 6.45) is 3.38. The summed E-state index contributed by atoms with van der Waals surface area (Å²) in [6, 6.07) is 10.2. The van der Waals surface area contributed by atoms with Crippen molar-refractivity contribution in [2.75, 3.05) is 44.0 Å². The highest BCUT2D eigenvalue weighted by atomic mass is 32.2. The number of aromatic nitrogens is 2. The molecule has 0 unspecified atom stereocenters. The van der Waals surface area contributed by atoms with E-state index in [4.69, 9.17) is 14.2 Å². The summed E-state index contributed by atoms with van der Waals surface area (Å²) in [6.45, 7) is 1.43. The molecule has 2 atom stereocenters. The molecule has 4 aromatic rings. The molecule has 1 aliphatic rings. The van der Waals surface area contributed by atoms with Crippen LogP contribution in [0.15, 0.2) is 56.8 Å². The summed E-state index contributed by atoms with van der Waals surface area (Å²) in [4.78, 5) is 68.3. The maximum absolute atomic E-state index is 13.9. The van der Waals surface area contributed by atoms with Crippen molar-refractivity contribution < 1.29 is 23.8 Å². The lowest BCUT2D eigenvalue weighted by atomic mass is 9.95. The van der Waals surface area contributed by atoms with Crippen molar-refractivity contribution in [2.45, 2.75) is 38.3 Å². The number of anilines is 2. The fourth-order valence-electron chi connectivity index (χ4n) is 5.94. The van der Waals surface area contributed by atoms with Crippen LogP contribution in [-0.2, 0) is 16.0 Å². The molecule has 1 heterocycles. The average molecular weight is 676 g/mol. The Balaban J connectivity index is 1.57. The summed E-state index contributed by atoms with van der Waals surface area (Å²) in [7, 11) is 4.59. The van der Waals surface area contributed by atoms with E-state index in [-0.39, 0.29) is 17.0 Å². The van der Waals surface area contributed by atoms with Crippen LogP contribution in [0.3, 0.4) is 0 Å². The quantitative estimate of drug-likeness (QED) is 0.148. The number of rotatable bonds is 11. The van der Waals surface area contributed by atoms with Gasteiger partial charge < -0.3 is 40.1 Å². The SMILES string of the molecule is COc1cc2c(c(OC)c1OC)-c1ccc(N[C@H](CCSC)C(=O)Nc3ccc4[nH]c(=O)c(=O)[nH]c4c3)c(=O)cc1[C@@H](NC(C)=O)CC2. The van der Waals surface area contributed by atoms with E-state index in [0.29, 0.717) is 75.7 Å². The topological polar surface area (TPSA) is 181 Å². The summed E-state index contributed by atoms with van der Waals surface area (Å²) >= 11 is 1.55. The minimum atomic E-state index is -0.810. The molecule has 0 aliphatic heterocycles. The molecular formula is C34H37N5O8S. The van der Waals surface area contributed by atoms with E-state index < -0.39 is 29.1 Å². The fraction of sp³-hybridized carbons (Fsp3) is 0.324. The monoisotopic (exact) mass is 675 g/mol. The van der Waals surface area contributed by atoms with Gasteiger partial charge in [0.15, 0.2) is 11.5 Å². The number of thioether (sulfide) groups is 1. The van der Waals surface area contributed by atoms with Gasteiger partial charge in [-0.3, -0.25) is 24.0 Å². The van der Waals surface area contributed by atoms with Gasteiger partial charge in [-0.05, 0) is 84.4 Å². The Labute approximate surface area is 279 Å². The van der Waals surface area contributed by atoms with E-state index in [0.717, 1.165) is 5.56 Å². The van der Waals surface area contributed by atoms with Crippen molar-refractivity contribution in [3.8, 4) is 28.4 Å². The van der Waals surface area contributed by atoms with Crippen molar-refractivity contribution in [2.24, 2.45) is 0 Å². The van der Waals surface area contributed by atoms with Gasteiger partial charge >= 0.3 is 11.1 Å². The Bertz CT molecular complexity index is 2060. The molecule has 0 saturated heterocycles. The van der Waals surface area contributed by atoms with Crippen LogP contribution in [0, 0.1) is 0 Å². The highest BCUT2D eigenvalue weighted by Crippen LogP contribution is 2.50. The first-order valence-corrected chi connectivity index (χ1v) is 16.6. The molecular weight excluding hydrogens is 638 g/mol. The van der Waals surface area contributed by atoms with Crippen molar-refractivity contribution in [3.63, 3.8) is 0 Å². The number of nitrogens with one attached hydrogen (secondary N) is 5. The molecule has 3 aromatic carbocycles. The maximum atomic E-state index is 13.9. The van der Waals surface area contributed by atoms with Crippen LogP contribution >= 0.6 is 11.8 Å². The van der Waals surface area contributed by atoms with Crippen molar-refractivity contribution in [1.29, 1.82) is 0 Å². The molecule has 2 amide bonds. The molecule has 14 heteroatoms. The number of fused-ring (bicyclic) bond motifs is 4. The molecule has 0 saturated carbocycles. The van der Waals surface area contributed by atoms with Crippen LogP contribution in [0.25, 0.3) is 22.2 Å². The lowest BCUT2D eigenvalue weighted by Crippen LogP contribution is -2.36. The van der Waals surface area contributed by atoms with E-state index >= 15 is 0 Å². The predicted octanol–water partition coefficient (Wildman–Crippen LogP) is 3.57. The lowest BCUT2D eigenvalue weighted by molar-refractivity contribution is -0.120. The van der Waals surface area contributed by atoms with Crippen LogP contribution in [0.5, 0.6) is 17.2 Å². The normalized spacial score (nSPS) is 14.1. The number of hydrogen-bond acceptors (Lipinski definition) is 10. The van der Waals surface area contributed by atoms with Gasteiger partial charge in [0.25, 0.3) is 0 Å². The second-order valence-corrected chi connectivity index (χ2v) is 12.2. The van der Waals surface area contributed by atoms with Crippen LogP contribution in [0.1, 0.15) is 36.9 Å². The first-order valence-electron chi connectivity index (χ1n) is 15.2. The van der Waals surface area contributed by atoms with Gasteiger partial charge in [0.2, 0.25) is 23.0 Å². The first kappa shape index (κ1) is 34.1. The highest BCUT2D eigenvalue weighted by molar-refractivity contribution is 7.98. The zero-order valence-corrected chi connectivity index (χ0v) is 28.0. The maximum Gasteiger partial charge on any atom is 0.314 e. The molecule has 5 rings (SSSR count). The Morgan fingerprint density at radius 2 is 1.67 bits per heavy atom. The Kier molecular flexibility index (Phi) is 10.4. The van der Waals surface area contributed by atoms with Crippen LogP contribution in [0.4, 0.5) is 11.4 Å². The van der Waals surface area contributed by atoms with Crippen LogP contribution in [0.2, 0.25) is 0 Å². The van der Waals surface area contributed by atoms with Gasteiger partial charge in [-0.25, -0.2) is 0 Å². The zero-order chi connectivity index (χ0) is 34.5. The third kappa shape index (κ3) is 7.03. The number of hydrogen-bond donors (Lipinski definition) is 5. The third-order valence-corrected chi connectivity index (χ3v) is 8.81. The molecule has 0 fully saturated rings. The van der Waals surface area contributed by atoms with Crippen molar-refractivity contribution in [3.05, 3.63) is 84.5 Å². The number of benzene rings is 2. The molecule has 0 radical (unpaired) electrons. The summed E-state index contributed by atoms with van der Waals surface area (Å²) in [5.74, 6) is 1.30. The van der Waals surface area contributed by atoms with Gasteiger partial charge in [-0.2, -0.15) is 11.8 Å². The van der Waals surface area contributed by atoms with E-state index in [2.05, 4.69) is 25.9 Å². The highest BCUT2D eigenvalue weighted by Gasteiger charge is 2.30. The largest absolute Gasteiger partial charge is 0.493 e. The number of carbonyl (C=O) groups excluding carboxylic acids is 2. The number of aromatic amines is 2. The Hall–Kier alpha value is -5.24. The number of H-pyrrole nitrogens is 2. The lowest BCUT2D eigenvalue weighted by Gasteiger charge is -2.19. The van der Waals surface area contributed by atoms with E-state index in [9.17, 15) is 24.0 Å². The van der Waals surface area contributed by atoms with Gasteiger partial charge in [0, 0.05) is 18.2 Å². The average Bonchev–Trinajstić information content (AvgIpc) is 3.30. The second-order valence-electron chi connectivity index (χ2n) is 11.2. The third-order valence-electron chi connectivity index (χ3n) is 8.16. The number of methoxy groups -OCH3 is 3. The van der Waals surface area contributed by atoms with Crippen molar-refractivity contribution >= 4 is 46.0 Å². The molecule has 1 aliphatic carbocycles. The van der Waals surface area contributed by atoms with Crippen molar-refractivity contribution in [1.82, 2.24) is 15.3 Å². The predicted molar refractivity (Wildman–Crippen MR) is 187 cm³/mol. The van der Waals surface area contributed by atoms with Gasteiger partial charge in [-0.1, -0.05) is 6.07 Å². The smallest absolute Gasteiger partial charge is 0.314 e. The molecule has 0 bridgehead atoms. The molecule has 0 spiro atoms. The van der Waals surface area contributed by atoms with Gasteiger partial charge in [0.05, 0.1) is 44.1 Å². The summed E-state index contributed by atoms with van der Waals surface area (Å²) in [5, 5.41) is 9.00. The molecule has 252 valence electrons. The minimum Gasteiger partial charge on any atom is -0.493 e. The molecule has 48 heavy (non-hydrogen) atoms. The molecule has 13 nitrogen and oxygen atoms in total. The molecule has 1 aromatic heterocycles. The second kappa shape index (κ2) is 14.7. The minimum absolute atomic E-state index is 0.187. The van der Waals surface area contributed by atoms with Crippen LogP contribution < -0.4 is 46.7 Å². The van der Waals surface area contributed by atoms with Gasteiger partial charge in [-0.15, -0.1) is 0 Å².